The molecule has 0 aliphatic rings. The fourth-order valence-corrected chi connectivity index (χ4v) is 0. The Morgan fingerprint density at radius 3 is 0.889 bits per heavy atom. The van der Waals surface area contributed by atoms with E-state index in [0.717, 1.165) is 0 Å². The van der Waals surface area contributed by atoms with E-state index in [1.807, 2.05) is 0 Å². The zero-order valence-corrected chi connectivity index (χ0v) is 12.5. The molecule has 0 aliphatic heterocycles. The van der Waals surface area contributed by atoms with Crippen LogP contribution >= 0.6 is 0 Å². The van der Waals surface area contributed by atoms with Crippen LogP contribution in [0.15, 0.2) is 0 Å². The fourth-order valence-electron chi connectivity index (χ4n) is 0. The second-order valence-corrected chi connectivity index (χ2v) is 1.22. The van der Waals surface area contributed by atoms with Crippen LogP contribution in [0.1, 0.15) is 0 Å². The first-order valence-electron chi connectivity index (χ1n) is 0.667. The van der Waals surface area contributed by atoms with Crippen LogP contribution < -0.4 is 0 Å². The van der Waals surface area contributed by atoms with Crippen LogP contribution in [0.5, 0.6) is 0 Å². The summed E-state index contributed by atoms with van der Waals surface area (Å²) in [6.45, 7) is 0. The van der Waals surface area contributed by atoms with Gasteiger partial charge in [-0.15, -0.1) is 0 Å². The van der Waals surface area contributed by atoms with Gasteiger partial charge in [0.05, 0.1) is 0 Å². The summed E-state index contributed by atoms with van der Waals surface area (Å²) >= 11 is 0. The van der Waals surface area contributed by atoms with Gasteiger partial charge in [0.1, 0.15) is 0 Å². The summed E-state index contributed by atoms with van der Waals surface area (Å²) in [6.07, 6.45) is 0. The van der Waals surface area contributed by atoms with Gasteiger partial charge >= 0.3 is 54.6 Å². The molecule has 4 radical (unpaired) electrons. The molecule has 0 heterocycles. The first-order chi connectivity index (χ1) is 2.00. The van der Waals surface area contributed by atoms with E-state index in [1.165, 1.54) is 0 Å². The average Bonchev–Trinajstić information content (AvgIpc) is 0.722. The molecule has 0 atom stereocenters. The number of hydrogen-bond acceptors (Lipinski definition) is 6. The molecule has 0 aliphatic carbocycles. The van der Waals surface area contributed by atoms with Crippen molar-refractivity contribution < 1.29 is 28.5 Å². The van der Waals surface area contributed by atoms with Crippen LogP contribution in [-0.2, 0) is 10.4 Å². The maximum atomic E-state index is 8.52. The molecule has 6 nitrogen and oxygen atoms in total. The molecule has 0 saturated heterocycles. The Balaban J connectivity index is -0.0000000133. The third-order valence-electron chi connectivity index (χ3n) is 0. The van der Waals surface area contributed by atoms with Crippen LogP contribution in [0.3, 0.4) is 0 Å². The molecule has 0 rings (SSSR count). The predicted molar refractivity (Wildman–Crippen MR) is 25.9 cm³/mol. The van der Waals surface area contributed by atoms with Crippen molar-refractivity contribution in [2.75, 3.05) is 0 Å². The van der Waals surface area contributed by atoms with E-state index in [2.05, 4.69) is 0 Å². The monoisotopic (exact) mass is 546 g/mol. The van der Waals surface area contributed by atoms with E-state index in [4.69, 9.17) is 17.5 Å². The molecule has 0 aromatic rings. The van der Waals surface area contributed by atoms with E-state index in [9.17, 15) is 0 Å². The van der Waals surface area contributed by atoms with Crippen molar-refractivity contribution in [2.45, 2.75) is 0 Å². The van der Waals surface area contributed by atoms with Gasteiger partial charge in [-0.2, -0.15) is 0 Å². The molecule has 0 bridgehead atoms. The van der Waals surface area contributed by atoms with Gasteiger partial charge in [-0.25, -0.2) is 0 Å². The largest absolute Gasteiger partial charge is 2.00 e. The van der Waals surface area contributed by atoms with Gasteiger partial charge in [-0.05, 0) is 0 Å². The summed E-state index contributed by atoms with van der Waals surface area (Å²) in [6, 6.07) is 0. The van der Waals surface area contributed by atoms with Crippen molar-refractivity contribution in [3.63, 3.8) is 0 Å². The van der Waals surface area contributed by atoms with E-state index in [1.54, 1.807) is 0 Å². The third-order valence-corrected chi connectivity index (χ3v) is 0. The molecule has 2 N–H and O–H groups in total. The van der Waals surface area contributed by atoms with Gasteiger partial charge in [0.2, 0.25) is 0 Å². The Morgan fingerprint density at radius 2 is 0.889 bits per heavy atom. The van der Waals surface area contributed by atoms with E-state index >= 15 is 0 Å². The van der Waals surface area contributed by atoms with Gasteiger partial charge in [0.25, 0.3) is 0 Å². The van der Waals surface area contributed by atoms with Crippen LogP contribution in [0, 0.1) is 0 Å². The molecular formula is H2O6Pb2S. The molecule has 9 heteroatoms. The molecule has 0 saturated carbocycles. The first kappa shape index (κ1) is 31.1. The maximum Gasteiger partial charge on any atom is 2.00 e. The Kier molecular flexibility index (Phi) is 42.6. The van der Waals surface area contributed by atoms with Crippen molar-refractivity contribution in [3.8, 4) is 0 Å². The summed E-state index contributed by atoms with van der Waals surface area (Å²) < 4.78 is 34.1. The predicted octanol–water partition coefficient (Wildman–Crippen LogP) is -2.45. The zero-order valence-electron chi connectivity index (χ0n) is 3.94. The molecule has 0 amide bonds. The maximum absolute atomic E-state index is 8.52. The summed E-state index contributed by atoms with van der Waals surface area (Å²) in [7, 11) is -5.17. The summed E-state index contributed by atoms with van der Waals surface area (Å²) in [4.78, 5) is 0. The number of rotatable bonds is 0. The molecule has 0 aromatic heterocycles. The smallest absolute Gasteiger partial charge is 0.870 e. The van der Waals surface area contributed by atoms with E-state index in [0.29, 0.717) is 0 Å². The van der Waals surface area contributed by atoms with Crippen LogP contribution in [-0.4, -0.2) is 83.1 Å². The first-order valence-corrected chi connectivity index (χ1v) is 2.00. The molecule has 0 aromatic carbocycles. The van der Waals surface area contributed by atoms with Crippen LogP contribution in [0.2, 0.25) is 0 Å². The van der Waals surface area contributed by atoms with Crippen molar-refractivity contribution in [1.82, 2.24) is 0 Å². The van der Waals surface area contributed by atoms with Crippen molar-refractivity contribution in [3.05, 3.63) is 0 Å². The fraction of sp³-hybridized carbons (Fsp3) is 0. The van der Waals surface area contributed by atoms with E-state index < -0.39 is 10.4 Å². The quantitative estimate of drug-likeness (QED) is 0.188. The SMILES string of the molecule is O=S(=O)([O-])[O-].[OH-].[OH-].[Pb+2].[Pb+2]. The second kappa shape index (κ2) is 12.3. The zero-order chi connectivity index (χ0) is 4.50. The molecular weight excluding hydrogens is 542 g/mol. The Labute approximate surface area is 92.5 Å². The van der Waals surface area contributed by atoms with Gasteiger partial charge < -0.3 is 20.1 Å². The Hall–Kier alpha value is 1.63. The van der Waals surface area contributed by atoms with Crippen LogP contribution in [0.4, 0.5) is 0 Å². The Bertz CT molecular complexity index is 94.2. The minimum atomic E-state index is -5.17. The summed E-state index contributed by atoms with van der Waals surface area (Å²) in [5.41, 5.74) is 0. The van der Waals surface area contributed by atoms with Gasteiger partial charge in [0, 0.05) is 10.4 Å². The average molecular weight is 544 g/mol. The van der Waals surface area contributed by atoms with Gasteiger partial charge in [-0.3, -0.25) is 8.42 Å². The molecule has 0 spiro atoms. The molecule has 0 fully saturated rings. The van der Waals surface area contributed by atoms with Gasteiger partial charge in [0.15, 0.2) is 0 Å². The minimum Gasteiger partial charge on any atom is -0.870 e. The van der Waals surface area contributed by atoms with Crippen LogP contribution in [0.25, 0.3) is 0 Å². The Morgan fingerprint density at radius 1 is 0.889 bits per heavy atom. The second-order valence-electron chi connectivity index (χ2n) is 0.408. The topological polar surface area (TPSA) is 140 Å². The number of hydrogen-bond donors (Lipinski definition) is 0. The molecule has 9 heavy (non-hydrogen) atoms. The standard InChI is InChI=1S/H2O4S.2H2O.2Pb/c1-5(2,3)4;;;;/h(H2,1,2,3,4);2*1H2;;/q;;;2*+2/p-4. The molecule has 52 valence electrons. The summed E-state index contributed by atoms with van der Waals surface area (Å²) in [5, 5.41) is 0. The van der Waals surface area contributed by atoms with Crippen molar-refractivity contribution >= 4 is 65.0 Å². The normalized spacial score (nSPS) is 6.44. The molecule has 0 unspecified atom stereocenters. The van der Waals surface area contributed by atoms with E-state index in [-0.39, 0.29) is 65.5 Å². The van der Waals surface area contributed by atoms with Gasteiger partial charge in [-0.1, -0.05) is 0 Å². The third kappa shape index (κ3) is 210. The van der Waals surface area contributed by atoms with Crippen molar-refractivity contribution in [2.24, 2.45) is 0 Å². The van der Waals surface area contributed by atoms with Crippen molar-refractivity contribution in [1.29, 1.82) is 0 Å². The minimum absolute atomic E-state index is 0. The summed E-state index contributed by atoms with van der Waals surface area (Å²) in [5.74, 6) is 0.